The third-order valence-electron chi connectivity index (χ3n) is 5.20. The molecule has 2 rings (SSSR count). The first kappa shape index (κ1) is 20.0. The fourth-order valence-electron chi connectivity index (χ4n) is 3.54. The average Bonchev–Trinajstić information content (AvgIpc) is 3.14. The Labute approximate surface area is 152 Å². The molecule has 0 aromatic rings. The Bertz CT molecular complexity index is 414. The highest BCUT2D eigenvalue weighted by atomic mass is 16.5. The van der Waals surface area contributed by atoms with Crippen LogP contribution in [0.3, 0.4) is 0 Å². The smallest absolute Gasteiger partial charge is 0.243 e. The van der Waals surface area contributed by atoms with Crippen LogP contribution in [-0.4, -0.2) is 63.2 Å². The Morgan fingerprint density at radius 1 is 1.12 bits per heavy atom. The minimum atomic E-state index is 0.0148. The zero-order valence-electron chi connectivity index (χ0n) is 16.1. The lowest BCUT2D eigenvalue weighted by Crippen LogP contribution is -2.43. The topological polar surface area (TPSA) is 66.0 Å². The average molecular weight is 353 g/mol. The second kappa shape index (κ2) is 11.3. The molecular weight excluding hydrogens is 316 g/mol. The van der Waals surface area contributed by atoms with Crippen LogP contribution in [0.1, 0.15) is 57.8 Å². The molecular formula is C19H36N4O2. The van der Waals surface area contributed by atoms with E-state index in [0.717, 1.165) is 50.8 Å². The van der Waals surface area contributed by atoms with Crippen LogP contribution in [0.25, 0.3) is 0 Å². The molecule has 1 saturated carbocycles. The van der Waals surface area contributed by atoms with Crippen LogP contribution in [0.2, 0.25) is 0 Å². The number of carbonyl (C=O) groups excluding carboxylic acids is 1. The molecule has 0 bridgehead atoms. The van der Waals surface area contributed by atoms with Crippen molar-refractivity contribution in [2.75, 3.05) is 40.3 Å². The number of aliphatic imine (C=N–C) groups is 1. The molecule has 144 valence electrons. The summed E-state index contributed by atoms with van der Waals surface area (Å²) in [6.45, 7) is 2.69. The van der Waals surface area contributed by atoms with Crippen molar-refractivity contribution >= 4 is 11.9 Å². The predicted octanol–water partition coefficient (Wildman–Crippen LogP) is 2.15. The predicted molar refractivity (Wildman–Crippen MR) is 102 cm³/mol. The zero-order valence-corrected chi connectivity index (χ0v) is 16.1. The normalized spacial score (nSPS) is 22.0. The van der Waals surface area contributed by atoms with Crippen LogP contribution in [0, 0.1) is 5.92 Å². The summed E-state index contributed by atoms with van der Waals surface area (Å²) in [7, 11) is 3.52. The van der Waals surface area contributed by atoms with Crippen LogP contribution in [0.4, 0.5) is 0 Å². The van der Waals surface area contributed by atoms with E-state index in [4.69, 9.17) is 4.74 Å². The minimum absolute atomic E-state index is 0.0148. The summed E-state index contributed by atoms with van der Waals surface area (Å²) in [5.41, 5.74) is 0. The monoisotopic (exact) mass is 352 g/mol. The number of carbonyl (C=O) groups is 1. The summed E-state index contributed by atoms with van der Waals surface area (Å²) in [5, 5.41) is 6.75. The van der Waals surface area contributed by atoms with Gasteiger partial charge in [-0.1, -0.05) is 25.7 Å². The molecule has 1 aliphatic carbocycles. The molecule has 1 unspecified atom stereocenters. The van der Waals surface area contributed by atoms with Crippen molar-refractivity contribution in [3.05, 3.63) is 0 Å². The summed E-state index contributed by atoms with van der Waals surface area (Å²) in [4.78, 5) is 17.8. The van der Waals surface area contributed by atoms with Gasteiger partial charge in [0.05, 0.1) is 6.10 Å². The Morgan fingerprint density at radius 2 is 1.88 bits per heavy atom. The number of hydrogen-bond acceptors (Lipinski definition) is 3. The Hall–Kier alpha value is -1.30. The zero-order chi connectivity index (χ0) is 17.9. The van der Waals surface area contributed by atoms with Gasteiger partial charge in [0.2, 0.25) is 5.91 Å². The molecule has 1 atom stereocenters. The summed E-state index contributed by atoms with van der Waals surface area (Å²) >= 11 is 0. The Balaban J connectivity index is 1.73. The standard InChI is InChI=1S/C19H36N4O2/c1-23(2)18(24)15-22-19(21-14-17-11-5-6-13-25-17)20-12-7-10-16-8-3-4-9-16/h16-17H,3-15H2,1-2H3,(H2,20,21,22). The first-order valence-corrected chi connectivity index (χ1v) is 9.99. The van der Waals surface area contributed by atoms with Crippen LogP contribution < -0.4 is 10.6 Å². The van der Waals surface area contributed by atoms with Gasteiger partial charge in [0.15, 0.2) is 5.96 Å². The first-order chi connectivity index (χ1) is 12.1. The summed E-state index contributed by atoms with van der Waals surface area (Å²) in [6.07, 6.45) is 11.8. The molecule has 2 fully saturated rings. The van der Waals surface area contributed by atoms with Gasteiger partial charge in [0.25, 0.3) is 0 Å². The molecule has 2 aliphatic rings. The van der Waals surface area contributed by atoms with Gasteiger partial charge in [0, 0.05) is 33.8 Å². The highest BCUT2D eigenvalue weighted by Crippen LogP contribution is 2.28. The van der Waals surface area contributed by atoms with Crippen LogP contribution >= 0.6 is 0 Å². The molecule has 1 amide bonds. The van der Waals surface area contributed by atoms with Crippen LogP contribution in [0.15, 0.2) is 4.99 Å². The molecule has 0 spiro atoms. The lowest BCUT2D eigenvalue weighted by atomic mass is 10.0. The molecule has 2 N–H and O–H groups in total. The van der Waals surface area contributed by atoms with E-state index in [1.807, 2.05) is 0 Å². The van der Waals surface area contributed by atoms with Gasteiger partial charge < -0.3 is 20.3 Å². The van der Waals surface area contributed by atoms with E-state index in [9.17, 15) is 4.79 Å². The number of likely N-dealkylation sites (N-methyl/N-ethyl adjacent to an activating group) is 1. The maximum Gasteiger partial charge on any atom is 0.243 e. The molecule has 1 aliphatic heterocycles. The SMILES string of the molecule is CN(C)C(=O)CN=C(NCCCC1CCCC1)NCC1CCCCO1. The Morgan fingerprint density at radius 3 is 2.56 bits per heavy atom. The summed E-state index contributed by atoms with van der Waals surface area (Å²) in [6, 6.07) is 0. The van der Waals surface area contributed by atoms with Crippen molar-refractivity contribution in [1.82, 2.24) is 15.5 Å². The van der Waals surface area contributed by atoms with E-state index in [0.29, 0.717) is 0 Å². The van der Waals surface area contributed by atoms with Gasteiger partial charge in [-0.15, -0.1) is 0 Å². The van der Waals surface area contributed by atoms with E-state index >= 15 is 0 Å². The van der Waals surface area contributed by atoms with Crippen molar-refractivity contribution in [3.63, 3.8) is 0 Å². The number of ether oxygens (including phenoxy) is 1. The highest BCUT2D eigenvalue weighted by molar-refractivity contribution is 5.84. The summed E-state index contributed by atoms with van der Waals surface area (Å²) in [5.74, 6) is 1.66. The number of hydrogen-bond donors (Lipinski definition) is 2. The number of guanidine groups is 1. The largest absolute Gasteiger partial charge is 0.376 e. The van der Waals surface area contributed by atoms with Gasteiger partial charge in [-0.25, -0.2) is 4.99 Å². The second-order valence-electron chi connectivity index (χ2n) is 7.54. The maximum absolute atomic E-state index is 11.8. The van der Waals surface area contributed by atoms with Crippen molar-refractivity contribution in [3.8, 4) is 0 Å². The highest BCUT2D eigenvalue weighted by Gasteiger charge is 2.16. The molecule has 0 aromatic carbocycles. The number of nitrogens with zero attached hydrogens (tertiary/aromatic N) is 2. The van der Waals surface area contributed by atoms with Gasteiger partial charge in [-0.05, 0) is 38.0 Å². The second-order valence-corrected chi connectivity index (χ2v) is 7.54. The fourth-order valence-corrected chi connectivity index (χ4v) is 3.54. The molecule has 6 heteroatoms. The maximum atomic E-state index is 11.8. The lowest BCUT2D eigenvalue weighted by Gasteiger charge is -2.24. The van der Waals surface area contributed by atoms with Crippen molar-refractivity contribution < 1.29 is 9.53 Å². The van der Waals surface area contributed by atoms with E-state index in [1.165, 1.54) is 38.5 Å². The third-order valence-corrected chi connectivity index (χ3v) is 5.20. The Kier molecular flexibility index (Phi) is 9.08. The quantitative estimate of drug-likeness (QED) is 0.399. The molecule has 6 nitrogen and oxygen atoms in total. The van der Waals surface area contributed by atoms with Gasteiger partial charge in [-0.2, -0.15) is 0 Å². The van der Waals surface area contributed by atoms with Crippen LogP contribution in [0.5, 0.6) is 0 Å². The number of amides is 1. The van der Waals surface area contributed by atoms with Gasteiger partial charge in [-0.3, -0.25) is 4.79 Å². The number of rotatable bonds is 8. The van der Waals surface area contributed by atoms with E-state index < -0.39 is 0 Å². The molecule has 0 aromatic heterocycles. The van der Waals surface area contributed by atoms with E-state index in [-0.39, 0.29) is 18.6 Å². The van der Waals surface area contributed by atoms with Crippen molar-refractivity contribution in [2.24, 2.45) is 10.9 Å². The van der Waals surface area contributed by atoms with Gasteiger partial charge >= 0.3 is 0 Å². The van der Waals surface area contributed by atoms with Gasteiger partial charge in [0.1, 0.15) is 6.54 Å². The van der Waals surface area contributed by atoms with Crippen molar-refractivity contribution in [1.29, 1.82) is 0 Å². The minimum Gasteiger partial charge on any atom is -0.376 e. The van der Waals surface area contributed by atoms with Crippen molar-refractivity contribution in [2.45, 2.75) is 63.9 Å². The summed E-state index contributed by atoms with van der Waals surface area (Å²) < 4.78 is 5.76. The molecule has 1 saturated heterocycles. The third kappa shape index (κ3) is 8.08. The van der Waals surface area contributed by atoms with E-state index in [1.54, 1.807) is 19.0 Å². The first-order valence-electron chi connectivity index (χ1n) is 9.99. The van der Waals surface area contributed by atoms with Crippen LogP contribution in [-0.2, 0) is 9.53 Å². The molecule has 0 radical (unpaired) electrons. The lowest BCUT2D eigenvalue weighted by molar-refractivity contribution is -0.127. The van der Waals surface area contributed by atoms with E-state index in [2.05, 4.69) is 15.6 Å². The molecule has 1 heterocycles. The molecule has 25 heavy (non-hydrogen) atoms. The fraction of sp³-hybridized carbons (Fsp3) is 0.895. The number of nitrogens with one attached hydrogen (secondary N) is 2.